The van der Waals surface area contributed by atoms with E-state index < -0.39 is 0 Å². The Kier molecular flexibility index (Phi) is 5.56. The van der Waals surface area contributed by atoms with Gasteiger partial charge in [-0.3, -0.25) is 4.99 Å². The number of methoxy groups -OCH3 is 1. The molecule has 0 saturated heterocycles. The number of rotatable bonds is 6. The molecule has 0 aromatic heterocycles. The van der Waals surface area contributed by atoms with Gasteiger partial charge in [0.25, 0.3) is 0 Å². The summed E-state index contributed by atoms with van der Waals surface area (Å²) in [5.74, 6) is 1.29. The molecule has 0 radical (unpaired) electrons. The van der Waals surface area contributed by atoms with E-state index in [0.29, 0.717) is 18.5 Å². The van der Waals surface area contributed by atoms with Gasteiger partial charge in [0.1, 0.15) is 11.9 Å². The predicted octanol–water partition coefficient (Wildman–Crippen LogP) is 2.48. The highest BCUT2D eigenvalue weighted by Crippen LogP contribution is 2.28. The van der Waals surface area contributed by atoms with Gasteiger partial charge in [-0.2, -0.15) is 0 Å². The van der Waals surface area contributed by atoms with Gasteiger partial charge in [-0.25, -0.2) is 4.39 Å². The number of ether oxygens (including phenoxy) is 1. The van der Waals surface area contributed by atoms with Gasteiger partial charge < -0.3 is 15.4 Å². The molecule has 2 rings (SSSR count). The molecule has 0 spiro atoms. The average Bonchev–Trinajstić information content (AvgIpc) is 3.16. The molecule has 1 aliphatic rings. The largest absolute Gasteiger partial charge is 0.375 e. The molecule has 21 heavy (non-hydrogen) atoms. The number of halogens is 1. The first-order valence-corrected chi connectivity index (χ1v) is 7.47. The molecule has 1 aliphatic carbocycles. The summed E-state index contributed by atoms with van der Waals surface area (Å²) in [7, 11) is 1.65. The van der Waals surface area contributed by atoms with Crippen molar-refractivity contribution in [1.29, 1.82) is 0 Å². The Bertz CT molecular complexity index is 475. The molecule has 3 atom stereocenters. The van der Waals surface area contributed by atoms with Crippen LogP contribution in [0.3, 0.4) is 0 Å². The zero-order valence-corrected chi connectivity index (χ0v) is 12.9. The number of hydrogen-bond acceptors (Lipinski definition) is 2. The third-order valence-electron chi connectivity index (χ3n) is 3.72. The van der Waals surface area contributed by atoms with Crippen LogP contribution in [0.4, 0.5) is 4.39 Å². The zero-order valence-electron chi connectivity index (χ0n) is 12.9. The Morgan fingerprint density at radius 2 is 2.10 bits per heavy atom. The van der Waals surface area contributed by atoms with Crippen molar-refractivity contribution < 1.29 is 9.13 Å². The molecule has 0 bridgehead atoms. The van der Waals surface area contributed by atoms with E-state index in [9.17, 15) is 4.39 Å². The Morgan fingerprint density at radius 1 is 1.43 bits per heavy atom. The first kappa shape index (κ1) is 15.8. The molecule has 116 valence electrons. The van der Waals surface area contributed by atoms with Crippen LogP contribution in [-0.2, 0) is 4.74 Å². The lowest BCUT2D eigenvalue weighted by Gasteiger charge is -2.16. The molecule has 3 unspecified atom stereocenters. The van der Waals surface area contributed by atoms with E-state index in [-0.39, 0.29) is 11.9 Å². The van der Waals surface area contributed by atoms with Crippen LogP contribution in [-0.4, -0.2) is 32.2 Å². The van der Waals surface area contributed by atoms with Gasteiger partial charge >= 0.3 is 0 Å². The summed E-state index contributed by atoms with van der Waals surface area (Å²) < 4.78 is 18.4. The highest BCUT2D eigenvalue weighted by atomic mass is 19.1. The monoisotopic (exact) mass is 293 g/mol. The number of nitrogens with zero attached hydrogens (tertiary/aromatic N) is 1. The molecule has 0 aliphatic heterocycles. The Morgan fingerprint density at radius 3 is 2.62 bits per heavy atom. The molecular formula is C16H24FN3O. The van der Waals surface area contributed by atoms with Crippen LogP contribution in [0.15, 0.2) is 29.3 Å². The maximum absolute atomic E-state index is 13.0. The van der Waals surface area contributed by atoms with Crippen LogP contribution >= 0.6 is 0 Å². The van der Waals surface area contributed by atoms with Crippen LogP contribution in [0.2, 0.25) is 0 Å². The molecule has 1 fully saturated rings. The van der Waals surface area contributed by atoms with Gasteiger partial charge in [0.15, 0.2) is 5.96 Å². The Labute approximate surface area is 125 Å². The van der Waals surface area contributed by atoms with Gasteiger partial charge in [0, 0.05) is 19.7 Å². The van der Waals surface area contributed by atoms with Crippen molar-refractivity contribution in [1.82, 2.24) is 10.6 Å². The van der Waals surface area contributed by atoms with E-state index in [0.717, 1.165) is 18.1 Å². The van der Waals surface area contributed by atoms with Crippen molar-refractivity contribution in [2.45, 2.75) is 32.4 Å². The van der Waals surface area contributed by atoms with Crippen molar-refractivity contribution in [2.24, 2.45) is 10.9 Å². The summed E-state index contributed by atoms with van der Waals surface area (Å²) in [5, 5.41) is 6.64. The topological polar surface area (TPSA) is 45.7 Å². The van der Waals surface area contributed by atoms with Gasteiger partial charge in [0.05, 0.1) is 6.54 Å². The summed E-state index contributed by atoms with van der Waals surface area (Å²) >= 11 is 0. The number of hydrogen-bond donors (Lipinski definition) is 2. The van der Waals surface area contributed by atoms with Crippen molar-refractivity contribution in [2.75, 3.05) is 20.2 Å². The quantitative estimate of drug-likeness (QED) is 0.625. The minimum Gasteiger partial charge on any atom is -0.375 e. The third kappa shape index (κ3) is 4.70. The second-order valence-corrected chi connectivity index (χ2v) is 5.46. The van der Waals surface area contributed by atoms with E-state index >= 15 is 0 Å². The summed E-state index contributed by atoms with van der Waals surface area (Å²) in [6.07, 6.45) is 1.02. The number of benzene rings is 1. The SMILES string of the molecule is CCNC(=NCC(OC)c1ccc(F)cc1)NC1CC1C. The summed E-state index contributed by atoms with van der Waals surface area (Å²) in [4.78, 5) is 4.57. The van der Waals surface area contributed by atoms with Crippen LogP contribution in [0.1, 0.15) is 31.9 Å². The first-order chi connectivity index (χ1) is 10.1. The van der Waals surface area contributed by atoms with E-state index in [4.69, 9.17) is 4.74 Å². The fourth-order valence-corrected chi connectivity index (χ4v) is 2.19. The van der Waals surface area contributed by atoms with E-state index in [1.54, 1.807) is 19.2 Å². The molecule has 4 nitrogen and oxygen atoms in total. The molecule has 0 amide bonds. The van der Waals surface area contributed by atoms with Crippen molar-refractivity contribution in [3.63, 3.8) is 0 Å². The van der Waals surface area contributed by atoms with Gasteiger partial charge in [0.2, 0.25) is 0 Å². The third-order valence-corrected chi connectivity index (χ3v) is 3.72. The van der Waals surface area contributed by atoms with Gasteiger partial charge in [-0.15, -0.1) is 0 Å². The highest BCUT2D eigenvalue weighted by Gasteiger charge is 2.33. The van der Waals surface area contributed by atoms with Crippen LogP contribution in [0, 0.1) is 11.7 Å². The van der Waals surface area contributed by atoms with E-state index in [2.05, 4.69) is 22.5 Å². The highest BCUT2D eigenvalue weighted by molar-refractivity contribution is 5.80. The second kappa shape index (κ2) is 7.41. The fourth-order valence-electron chi connectivity index (χ4n) is 2.19. The summed E-state index contributed by atoms with van der Waals surface area (Å²) in [6, 6.07) is 6.89. The summed E-state index contributed by atoms with van der Waals surface area (Å²) in [6.45, 7) is 5.58. The normalized spacial score (nSPS) is 22.8. The Hall–Kier alpha value is -1.62. The second-order valence-electron chi connectivity index (χ2n) is 5.46. The fraction of sp³-hybridized carbons (Fsp3) is 0.562. The molecule has 2 N–H and O–H groups in total. The predicted molar refractivity (Wildman–Crippen MR) is 82.8 cm³/mol. The lowest BCUT2D eigenvalue weighted by atomic mass is 10.1. The first-order valence-electron chi connectivity index (χ1n) is 7.47. The van der Waals surface area contributed by atoms with E-state index in [1.807, 2.05) is 6.92 Å². The molecule has 1 aromatic carbocycles. The molecule has 1 saturated carbocycles. The minimum atomic E-state index is -0.241. The number of nitrogens with one attached hydrogen (secondary N) is 2. The maximum Gasteiger partial charge on any atom is 0.191 e. The molecular weight excluding hydrogens is 269 g/mol. The van der Waals surface area contributed by atoms with Crippen LogP contribution < -0.4 is 10.6 Å². The summed E-state index contributed by atoms with van der Waals surface area (Å²) in [5.41, 5.74) is 0.929. The van der Waals surface area contributed by atoms with Crippen molar-refractivity contribution in [3.05, 3.63) is 35.6 Å². The van der Waals surface area contributed by atoms with Crippen molar-refractivity contribution >= 4 is 5.96 Å². The maximum atomic E-state index is 13.0. The molecule has 1 aromatic rings. The Balaban J connectivity index is 1.97. The van der Waals surface area contributed by atoms with Gasteiger partial charge in [-0.05, 0) is 37.0 Å². The van der Waals surface area contributed by atoms with Gasteiger partial charge in [-0.1, -0.05) is 19.1 Å². The molecule has 5 heteroatoms. The van der Waals surface area contributed by atoms with Crippen LogP contribution in [0.25, 0.3) is 0 Å². The average molecular weight is 293 g/mol. The standard InChI is InChI=1S/C16H24FN3O/c1-4-18-16(20-14-9-11(14)2)19-10-15(21-3)12-5-7-13(17)8-6-12/h5-8,11,14-15H,4,9-10H2,1-3H3,(H2,18,19,20). The smallest absolute Gasteiger partial charge is 0.191 e. The number of guanidine groups is 1. The van der Waals surface area contributed by atoms with Crippen LogP contribution in [0.5, 0.6) is 0 Å². The molecule has 0 heterocycles. The van der Waals surface area contributed by atoms with Crippen molar-refractivity contribution in [3.8, 4) is 0 Å². The minimum absolute atomic E-state index is 0.169. The number of aliphatic imine (C=N–C) groups is 1. The lowest BCUT2D eigenvalue weighted by molar-refractivity contribution is 0.111. The lowest BCUT2D eigenvalue weighted by Crippen LogP contribution is -2.39. The van der Waals surface area contributed by atoms with E-state index in [1.165, 1.54) is 18.6 Å². The zero-order chi connectivity index (χ0) is 15.2.